The van der Waals surface area contributed by atoms with Gasteiger partial charge in [0.15, 0.2) is 0 Å². The number of halogens is 1. The molecule has 2 rings (SSSR count). The highest BCUT2D eigenvalue weighted by atomic mass is 79.9. The zero-order valence-corrected chi connectivity index (χ0v) is 14.1. The Balaban J connectivity index is 1.98. The van der Waals surface area contributed by atoms with Crippen LogP contribution in [0, 0.1) is 6.92 Å². The predicted octanol–water partition coefficient (Wildman–Crippen LogP) is 1.43. The summed E-state index contributed by atoms with van der Waals surface area (Å²) in [5.41, 5.74) is 0.930. The van der Waals surface area contributed by atoms with E-state index in [2.05, 4.69) is 25.6 Å². The maximum Gasteiger partial charge on any atom is 0.250 e. The molecule has 1 aromatic rings. The molecular formula is C11H17BrN2O3S2. The quantitative estimate of drug-likeness (QED) is 0.873. The van der Waals surface area contributed by atoms with Crippen molar-refractivity contribution in [3.63, 3.8) is 0 Å². The average molecular weight is 369 g/mol. The minimum atomic E-state index is -3.44. The second-order valence-corrected chi connectivity index (χ2v) is 8.99. The van der Waals surface area contributed by atoms with Crippen LogP contribution in [0.3, 0.4) is 0 Å². The minimum Gasteiger partial charge on any atom is -0.374 e. The number of ether oxygens (including phenoxy) is 1. The third-order valence-electron chi connectivity index (χ3n) is 2.94. The van der Waals surface area contributed by atoms with Gasteiger partial charge >= 0.3 is 0 Å². The van der Waals surface area contributed by atoms with Crippen molar-refractivity contribution in [2.75, 3.05) is 33.3 Å². The lowest BCUT2D eigenvalue weighted by Crippen LogP contribution is -2.45. The molecule has 1 aromatic heterocycles. The number of likely N-dealkylation sites (N-methyl/N-ethyl adjacent to an activating group) is 1. The summed E-state index contributed by atoms with van der Waals surface area (Å²) in [6, 6.07) is 1.67. The summed E-state index contributed by atoms with van der Waals surface area (Å²) in [5, 5.41) is 0. The fourth-order valence-electron chi connectivity index (χ4n) is 1.83. The van der Waals surface area contributed by atoms with Crippen LogP contribution in [-0.4, -0.2) is 52.7 Å². The maximum atomic E-state index is 12.1. The molecule has 1 unspecified atom stereocenters. The van der Waals surface area contributed by atoms with Gasteiger partial charge in [-0.15, -0.1) is 11.3 Å². The van der Waals surface area contributed by atoms with Crippen LogP contribution in [0.25, 0.3) is 0 Å². The molecular weight excluding hydrogens is 352 g/mol. The van der Waals surface area contributed by atoms with Crippen molar-refractivity contribution >= 4 is 37.3 Å². The van der Waals surface area contributed by atoms with Gasteiger partial charge in [-0.1, -0.05) is 0 Å². The molecule has 0 saturated carbocycles. The van der Waals surface area contributed by atoms with Crippen LogP contribution in [0.1, 0.15) is 5.56 Å². The van der Waals surface area contributed by atoms with Crippen molar-refractivity contribution in [2.45, 2.75) is 17.2 Å². The molecule has 1 aliphatic rings. The third-order valence-corrected chi connectivity index (χ3v) is 6.98. The Hall–Kier alpha value is 0.01000. The summed E-state index contributed by atoms with van der Waals surface area (Å²) in [5.74, 6) is 0. The second-order valence-electron chi connectivity index (χ2n) is 4.63. The average Bonchev–Trinajstić information content (AvgIpc) is 2.68. The van der Waals surface area contributed by atoms with Crippen molar-refractivity contribution in [3.05, 3.63) is 15.4 Å². The molecule has 1 saturated heterocycles. The number of aryl methyl sites for hydroxylation is 1. The highest BCUT2D eigenvalue weighted by molar-refractivity contribution is 9.11. The molecule has 1 fully saturated rings. The van der Waals surface area contributed by atoms with E-state index in [9.17, 15) is 8.42 Å². The first-order valence-corrected chi connectivity index (χ1v) is 9.03. The molecule has 1 aliphatic heterocycles. The summed E-state index contributed by atoms with van der Waals surface area (Å²) in [6.45, 7) is 4.46. The molecule has 1 atom stereocenters. The van der Waals surface area contributed by atoms with E-state index in [0.29, 0.717) is 17.4 Å². The molecule has 0 bridgehead atoms. The standard InChI is InChI=1S/C11H17BrN2O3S2/c1-8-5-10(18-11(8)12)19(15,16)13-6-9-7-14(2)3-4-17-9/h5,9,13H,3-4,6-7H2,1-2H3. The summed E-state index contributed by atoms with van der Waals surface area (Å²) in [7, 11) is -1.44. The molecule has 108 valence electrons. The van der Waals surface area contributed by atoms with E-state index in [1.54, 1.807) is 6.07 Å². The van der Waals surface area contributed by atoms with Gasteiger partial charge in [0, 0.05) is 19.6 Å². The summed E-state index contributed by atoms with van der Waals surface area (Å²) < 4.78 is 33.6. The first-order valence-electron chi connectivity index (χ1n) is 5.94. The topological polar surface area (TPSA) is 58.6 Å². The normalized spacial score (nSPS) is 21.7. The Bertz CT molecular complexity index is 525. The Kier molecular flexibility index (Phi) is 5.02. The number of thiophene rings is 1. The van der Waals surface area contributed by atoms with Crippen LogP contribution in [-0.2, 0) is 14.8 Å². The van der Waals surface area contributed by atoms with Crippen LogP contribution in [0.15, 0.2) is 14.1 Å². The van der Waals surface area contributed by atoms with Gasteiger partial charge in [0.1, 0.15) is 4.21 Å². The molecule has 0 aromatic carbocycles. The smallest absolute Gasteiger partial charge is 0.250 e. The molecule has 1 N–H and O–H groups in total. The molecule has 8 heteroatoms. The number of nitrogens with one attached hydrogen (secondary N) is 1. The number of nitrogens with zero attached hydrogens (tertiary/aromatic N) is 1. The van der Waals surface area contributed by atoms with E-state index >= 15 is 0 Å². The van der Waals surface area contributed by atoms with Gasteiger partial charge in [-0.2, -0.15) is 0 Å². The van der Waals surface area contributed by atoms with Gasteiger partial charge in [-0.05, 0) is 41.5 Å². The predicted molar refractivity (Wildman–Crippen MR) is 79.2 cm³/mol. The van der Waals surface area contributed by atoms with E-state index in [1.165, 1.54) is 11.3 Å². The summed E-state index contributed by atoms with van der Waals surface area (Å²) in [4.78, 5) is 2.13. The molecule has 0 amide bonds. The van der Waals surface area contributed by atoms with Gasteiger partial charge in [0.05, 0.1) is 16.5 Å². The van der Waals surface area contributed by atoms with E-state index in [-0.39, 0.29) is 6.10 Å². The zero-order chi connectivity index (χ0) is 14.0. The van der Waals surface area contributed by atoms with Crippen LogP contribution < -0.4 is 4.72 Å². The van der Waals surface area contributed by atoms with E-state index in [0.717, 1.165) is 22.4 Å². The first kappa shape index (κ1) is 15.4. The molecule has 19 heavy (non-hydrogen) atoms. The maximum absolute atomic E-state index is 12.1. The fourth-order valence-corrected chi connectivity index (χ4v) is 5.16. The third kappa shape index (κ3) is 3.99. The Labute approximate surface area is 126 Å². The second kappa shape index (κ2) is 6.19. The van der Waals surface area contributed by atoms with Crippen molar-refractivity contribution in [3.8, 4) is 0 Å². The van der Waals surface area contributed by atoms with Crippen LogP contribution >= 0.6 is 27.3 Å². The fraction of sp³-hybridized carbons (Fsp3) is 0.636. The van der Waals surface area contributed by atoms with Crippen molar-refractivity contribution in [2.24, 2.45) is 0 Å². The van der Waals surface area contributed by atoms with Gasteiger partial charge in [-0.25, -0.2) is 13.1 Å². The first-order chi connectivity index (χ1) is 8.88. The molecule has 5 nitrogen and oxygen atoms in total. The van der Waals surface area contributed by atoms with Gasteiger partial charge < -0.3 is 9.64 Å². The molecule has 0 spiro atoms. The monoisotopic (exact) mass is 368 g/mol. The van der Waals surface area contributed by atoms with E-state index in [4.69, 9.17) is 4.74 Å². The van der Waals surface area contributed by atoms with Crippen molar-refractivity contribution < 1.29 is 13.2 Å². The van der Waals surface area contributed by atoms with Crippen LogP contribution in [0.4, 0.5) is 0 Å². The number of hydrogen-bond acceptors (Lipinski definition) is 5. The molecule has 0 radical (unpaired) electrons. The van der Waals surface area contributed by atoms with Crippen LogP contribution in [0.2, 0.25) is 0 Å². The van der Waals surface area contributed by atoms with E-state index in [1.807, 2.05) is 14.0 Å². The van der Waals surface area contributed by atoms with E-state index < -0.39 is 10.0 Å². The highest BCUT2D eigenvalue weighted by Gasteiger charge is 2.22. The number of sulfonamides is 1. The Morgan fingerprint density at radius 3 is 2.95 bits per heavy atom. The Morgan fingerprint density at radius 2 is 2.37 bits per heavy atom. The number of morpholine rings is 1. The minimum absolute atomic E-state index is 0.0852. The largest absolute Gasteiger partial charge is 0.374 e. The highest BCUT2D eigenvalue weighted by Crippen LogP contribution is 2.30. The molecule has 0 aliphatic carbocycles. The summed E-state index contributed by atoms with van der Waals surface area (Å²) >= 11 is 4.56. The van der Waals surface area contributed by atoms with Crippen molar-refractivity contribution in [1.82, 2.24) is 9.62 Å². The number of hydrogen-bond donors (Lipinski definition) is 1. The lowest BCUT2D eigenvalue weighted by Gasteiger charge is -2.29. The van der Waals surface area contributed by atoms with Crippen LogP contribution in [0.5, 0.6) is 0 Å². The van der Waals surface area contributed by atoms with Gasteiger partial charge in [-0.3, -0.25) is 0 Å². The molecule has 2 heterocycles. The number of rotatable bonds is 4. The zero-order valence-electron chi connectivity index (χ0n) is 10.8. The van der Waals surface area contributed by atoms with Crippen molar-refractivity contribution in [1.29, 1.82) is 0 Å². The lowest BCUT2D eigenvalue weighted by molar-refractivity contribution is -0.0156. The van der Waals surface area contributed by atoms with Gasteiger partial charge in [0.25, 0.3) is 0 Å². The Morgan fingerprint density at radius 1 is 1.63 bits per heavy atom. The lowest BCUT2D eigenvalue weighted by atomic mass is 10.3. The SMILES string of the molecule is Cc1cc(S(=O)(=O)NCC2CN(C)CCO2)sc1Br. The summed E-state index contributed by atoms with van der Waals surface area (Å²) in [6.07, 6.45) is -0.0852. The van der Waals surface area contributed by atoms with Gasteiger partial charge in [0.2, 0.25) is 10.0 Å².